The van der Waals surface area contributed by atoms with Crippen LogP contribution in [0.4, 0.5) is 17.6 Å². The first-order valence-electron chi connectivity index (χ1n) is 8.93. The second kappa shape index (κ2) is 6.95. The van der Waals surface area contributed by atoms with Gasteiger partial charge in [0.15, 0.2) is 11.6 Å². The Morgan fingerprint density at radius 1 is 1.03 bits per heavy atom. The standard InChI is InChI=1S/C21H17F4N3O/c1-10(15-9-26-8-11-3-17(24)18(25)6-13(11)15)28(2)21(29)20-7-14-16(23)4-12(22)5-19(14)27-20/h3-7,9-10,26-27H,8H2,1-2H3. The molecule has 1 atom stereocenters. The summed E-state index contributed by atoms with van der Waals surface area (Å²) in [6.45, 7) is 2.08. The van der Waals surface area contributed by atoms with Crippen molar-refractivity contribution in [3.05, 3.63) is 76.6 Å². The summed E-state index contributed by atoms with van der Waals surface area (Å²) in [5.74, 6) is -3.87. The van der Waals surface area contributed by atoms with E-state index in [2.05, 4.69) is 10.3 Å². The molecule has 0 fully saturated rings. The molecule has 2 N–H and O–H groups in total. The molecule has 0 radical (unpaired) electrons. The van der Waals surface area contributed by atoms with E-state index in [0.29, 0.717) is 23.2 Å². The summed E-state index contributed by atoms with van der Waals surface area (Å²) < 4.78 is 54.7. The number of aromatic amines is 1. The fraction of sp³-hybridized carbons (Fsp3) is 0.190. The zero-order valence-corrected chi connectivity index (χ0v) is 15.6. The van der Waals surface area contributed by atoms with Crippen LogP contribution < -0.4 is 5.32 Å². The smallest absolute Gasteiger partial charge is 0.270 e. The minimum atomic E-state index is -0.967. The summed E-state index contributed by atoms with van der Waals surface area (Å²) in [7, 11) is 1.55. The first-order valence-corrected chi connectivity index (χ1v) is 8.93. The molecule has 4 rings (SSSR count). The number of hydrogen-bond acceptors (Lipinski definition) is 2. The third-order valence-electron chi connectivity index (χ3n) is 5.24. The van der Waals surface area contributed by atoms with Crippen molar-refractivity contribution in [3.63, 3.8) is 0 Å². The van der Waals surface area contributed by atoms with Crippen molar-refractivity contribution in [2.45, 2.75) is 19.5 Å². The van der Waals surface area contributed by atoms with Crippen LogP contribution in [0.2, 0.25) is 0 Å². The third-order valence-corrected chi connectivity index (χ3v) is 5.24. The Labute approximate surface area is 163 Å². The van der Waals surface area contributed by atoms with Gasteiger partial charge in [-0.2, -0.15) is 0 Å². The fourth-order valence-corrected chi connectivity index (χ4v) is 3.55. The van der Waals surface area contributed by atoms with Crippen molar-refractivity contribution in [1.82, 2.24) is 15.2 Å². The quantitative estimate of drug-likeness (QED) is 0.640. The minimum absolute atomic E-state index is 0.0914. The maximum Gasteiger partial charge on any atom is 0.270 e. The zero-order valence-electron chi connectivity index (χ0n) is 15.6. The molecule has 1 aromatic heterocycles. The molecule has 1 amide bonds. The van der Waals surface area contributed by atoms with Gasteiger partial charge in [-0.15, -0.1) is 0 Å². The lowest BCUT2D eigenvalue weighted by atomic mass is 9.92. The molecule has 150 valence electrons. The highest BCUT2D eigenvalue weighted by Gasteiger charge is 2.27. The second-order valence-electron chi connectivity index (χ2n) is 7.03. The summed E-state index contributed by atoms with van der Waals surface area (Å²) in [6.07, 6.45) is 1.66. The number of rotatable bonds is 3. The SMILES string of the molecule is CC(C1=CNCc2cc(F)c(F)cc21)N(C)C(=O)c1cc2c(F)cc(F)cc2[nH]1. The highest BCUT2D eigenvalue weighted by Crippen LogP contribution is 2.30. The summed E-state index contributed by atoms with van der Waals surface area (Å²) in [5, 5.41) is 3.11. The lowest BCUT2D eigenvalue weighted by molar-refractivity contribution is 0.0769. The van der Waals surface area contributed by atoms with E-state index in [4.69, 9.17) is 0 Å². The number of fused-ring (bicyclic) bond motifs is 2. The third kappa shape index (κ3) is 3.24. The number of amides is 1. The van der Waals surface area contributed by atoms with Gasteiger partial charge in [-0.25, -0.2) is 17.6 Å². The van der Waals surface area contributed by atoms with Gasteiger partial charge in [-0.1, -0.05) is 0 Å². The fourth-order valence-electron chi connectivity index (χ4n) is 3.55. The van der Waals surface area contributed by atoms with Gasteiger partial charge in [0.2, 0.25) is 0 Å². The Morgan fingerprint density at radius 2 is 1.76 bits per heavy atom. The summed E-state index contributed by atoms with van der Waals surface area (Å²) >= 11 is 0. The second-order valence-corrected chi connectivity index (χ2v) is 7.03. The monoisotopic (exact) mass is 403 g/mol. The Balaban J connectivity index is 1.66. The van der Waals surface area contributed by atoms with Gasteiger partial charge in [0.1, 0.15) is 17.3 Å². The van der Waals surface area contributed by atoms with Crippen LogP contribution in [0.25, 0.3) is 16.5 Å². The summed E-state index contributed by atoms with van der Waals surface area (Å²) in [4.78, 5) is 17.1. The van der Waals surface area contributed by atoms with Crippen molar-refractivity contribution in [2.75, 3.05) is 7.05 Å². The largest absolute Gasteiger partial charge is 0.386 e. The molecule has 0 aliphatic carbocycles. The predicted octanol–water partition coefficient (Wildman–Crippen LogP) is 4.33. The molecule has 0 saturated heterocycles. The van der Waals surface area contributed by atoms with E-state index >= 15 is 0 Å². The van der Waals surface area contributed by atoms with Gasteiger partial charge in [-0.3, -0.25) is 4.79 Å². The van der Waals surface area contributed by atoms with Crippen molar-refractivity contribution >= 4 is 22.4 Å². The Kier molecular flexibility index (Phi) is 4.56. The topological polar surface area (TPSA) is 48.1 Å². The van der Waals surface area contributed by atoms with Gasteiger partial charge in [0, 0.05) is 31.2 Å². The molecule has 8 heteroatoms. The number of aromatic nitrogens is 1. The van der Waals surface area contributed by atoms with E-state index in [1.165, 1.54) is 11.0 Å². The van der Waals surface area contributed by atoms with Crippen LogP contribution in [0.1, 0.15) is 28.5 Å². The molecule has 1 unspecified atom stereocenters. The average Bonchev–Trinajstić information content (AvgIpc) is 3.11. The van der Waals surface area contributed by atoms with Crippen molar-refractivity contribution in [2.24, 2.45) is 0 Å². The number of likely N-dealkylation sites (N-methyl/N-ethyl adjacent to an activating group) is 1. The maximum atomic E-state index is 13.9. The highest BCUT2D eigenvalue weighted by molar-refractivity contribution is 5.99. The zero-order chi connectivity index (χ0) is 20.9. The number of benzene rings is 2. The van der Waals surface area contributed by atoms with E-state index in [-0.39, 0.29) is 16.6 Å². The first kappa shape index (κ1) is 19.0. The van der Waals surface area contributed by atoms with Crippen LogP contribution >= 0.6 is 0 Å². The normalized spacial score (nSPS) is 14.2. The van der Waals surface area contributed by atoms with E-state index < -0.39 is 35.2 Å². The summed E-state index contributed by atoms with van der Waals surface area (Å²) in [5.41, 5.74) is 1.97. The molecule has 0 spiro atoms. The van der Waals surface area contributed by atoms with E-state index in [1.54, 1.807) is 20.2 Å². The molecule has 2 aromatic carbocycles. The van der Waals surface area contributed by atoms with Crippen LogP contribution in [-0.4, -0.2) is 28.9 Å². The molecule has 0 bridgehead atoms. The minimum Gasteiger partial charge on any atom is -0.386 e. The van der Waals surface area contributed by atoms with Crippen LogP contribution in [-0.2, 0) is 6.54 Å². The van der Waals surface area contributed by atoms with Crippen molar-refractivity contribution in [1.29, 1.82) is 0 Å². The Bertz CT molecular complexity index is 1170. The lowest BCUT2D eigenvalue weighted by Gasteiger charge is -2.30. The highest BCUT2D eigenvalue weighted by atomic mass is 19.2. The molecule has 29 heavy (non-hydrogen) atoms. The van der Waals surface area contributed by atoms with Crippen LogP contribution in [0, 0.1) is 23.3 Å². The number of H-pyrrole nitrogens is 1. The maximum absolute atomic E-state index is 13.9. The lowest BCUT2D eigenvalue weighted by Crippen LogP contribution is -2.37. The Hall–Kier alpha value is -3.29. The first-order chi connectivity index (χ1) is 13.8. The van der Waals surface area contributed by atoms with Gasteiger partial charge in [0.05, 0.1) is 11.6 Å². The van der Waals surface area contributed by atoms with Gasteiger partial charge in [0.25, 0.3) is 5.91 Å². The molecule has 0 saturated carbocycles. The van der Waals surface area contributed by atoms with Crippen LogP contribution in [0.15, 0.2) is 36.5 Å². The number of carbonyl (C=O) groups excluding carboxylic acids is 1. The van der Waals surface area contributed by atoms with Crippen molar-refractivity contribution < 1.29 is 22.4 Å². The Morgan fingerprint density at radius 3 is 2.52 bits per heavy atom. The molecule has 3 aromatic rings. The van der Waals surface area contributed by atoms with E-state index in [0.717, 1.165) is 24.3 Å². The van der Waals surface area contributed by atoms with Gasteiger partial charge >= 0.3 is 0 Å². The predicted molar refractivity (Wildman–Crippen MR) is 101 cm³/mol. The van der Waals surface area contributed by atoms with Gasteiger partial charge in [-0.05, 0) is 47.9 Å². The molecule has 2 heterocycles. The molecule has 1 aliphatic rings. The number of carbonyl (C=O) groups is 1. The average molecular weight is 403 g/mol. The number of nitrogens with one attached hydrogen (secondary N) is 2. The molecular formula is C21H17F4N3O. The number of halogens is 4. The van der Waals surface area contributed by atoms with Crippen LogP contribution in [0.5, 0.6) is 0 Å². The summed E-state index contributed by atoms with van der Waals surface area (Å²) in [6, 6.07) is 4.93. The van der Waals surface area contributed by atoms with E-state index in [9.17, 15) is 22.4 Å². The molecule has 4 nitrogen and oxygen atoms in total. The molecule has 1 aliphatic heterocycles. The number of hydrogen-bond donors (Lipinski definition) is 2. The van der Waals surface area contributed by atoms with Crippen LogP contribution in [0.3, 0.4) is 0 Å². The molecular weight excluding hydrogens is 386 g/mol. The van der Waals surface area contributed by atoms with E-state index in [1.807, 2.05) is 0 Å². The number of nitrogens with zero attached hydrogens (tertiary/aromatic N) is 1. The van der Waals surface area contributed by atoms with Gasteiger partial charge < -0.3 is 15.2 Å². The van der Waals surface area contributed by atoms with Crippen molar-refractivity contribution in [3.8, 4) is 0 Å².